The number of aryl methyl sites for hydroxylation is 2. The van der Waals surface area contributed by atoms with Crippen LogP contribution >= 0.6 is 11.6 Å². The lowest BCUT2D eigenvalue weighted by atomic mass is 9.91. The van der Waals surface area contributed by atoms with Crippen LogP contribution in [0.25, 0.3) is 10.9 Å². The van der Waals surface area contributed by atoms with E-state index >= 15 is 0 Å². The van der Waals surface area contributed by atoms with E-state index < -0.39 is 0 Å². The van der Waals surface area contributed by atoms with Crippen LogP contribution in [0.1, 0.15) is 30.7 Å². The Kier molecular flexibility index (Phi) is 3.20. The molecule has 0 fully saturated rings. The van der Waals surface area contributed by atoms with E-state index in [1.54, 1.807) is 0 Å². The van der Waals surface area contributed by atoms with Crippen LogP contribution in [0.3, 0.4) is 0 Å². The normalized spacial score (nSPS) is 12.4. The summed E-state index contributed by atoms with van der Waals surface area (Å²) in [5.74, 6) is 0. The van der Waals surface area contributed by atoms with E-state index in [1.807, 2.05) is 13.1 Å². The van der Waals surface area contributed by atoms with Gasteiger partial charge in [0, 0.05) is 34.3 Å². The smallest absolute Gasteiger partial charge is 0.0528 e. The quantitative estimate of drug-likeness (QED) is 0.870. The maximum Gasteiger partial charge on any atom is 0.0528 e. The van der Waals surface area contributed by atoms with Gasteiger partial charge in [-0.15, -0.1) is 0 Å². The van der Waals surface area contributed by atoms with Gasteiger partial charge in [-0.3, -0.25) is 0 Å². The predicted molar refractivity (Wildman–Crippen MR) is 79.5 cm³/mol. The highest BCUT2D eigenvalue weighted by atomic mass is 35.5. The van der Waals surface area contributed by atoms with E-state index in [-0.39, 0.29) is 5.54 Å². The van der Waals surface area contributed by atoms with Crippen molar-refractivity contribution in [2.45, 2.75) is 33.2 Å². The van der Waals surface area contributed by atoms with Crippen molar-refractivity contribution in [1.29, 1.82) is 0 Å². The average molecular weight is 265 g/mol. The Morgan fingerprint density at radius 2 is 1.83 bits per heavy atom. The zero-order valence-electron chi connectivity index (χ0n) is 12.0. The molecule has 0 spiro atoms. The molecule has 2 aromatic rings. The first-order chi connectivity index (χ1) is 8.31. The Bertz CT molecular complexity index is 609. The first-order valence-corrected chi connectivity index (χ1v) is 6.62. The van der Waals surface area contributed by atoms with Crippen molar-refractivity contribution in [3.05, 3.63) is 34.0 Å². The molecule has 0 radical (unpaired) electrons. The van der Waals surface area contributed by atoms with Crippen LogP contribution in [0.5, 0.6) is 0 Å². The minimum absolute atomic E-state index is 0.0517. The molecule has 98 valence electrons. The van der Waals surface area contributed by atoms with Crippen LogP contribution in [0.15, 0.2) is 12.1 Å². The maximum atomic E-state index is 6.24. The second-order valence-corrected chi connectivity index (χ2v) is 5.87. The van der Waals surface area contributed by atoms with E-state index in [9.17, 15) is 0 Å². The first kappa shape index (κ1) is 13.4. The summed E-state index contributed by atoms with van der Waals surface area (Å²) < 4.78 is 2.24. The SMILES string of the molecule is CNC(C)(C)c1c(C)n(C)c2c(C)c(Cl)ccc12. The molecule has 0 aliphatic carbocycles. The van der Waals surface area contributed by atoms with Gasteiger partial charge >= 0.3 is 0 Å². The van der Waals surface area contributed by atoms with Crippen molar-refractivity contribution >= 4 is 22.5 Å². The molecule has 1 N–H and O–H groups in total. The monoisotopic (exact) mass is 264 g/mol. The second kappa shape index (κ2) is 4.29. The van der Waals surface area contributed by atoms with Gasteiger partial charge in [0.05, 0.1) is 5.52 Å². The van der Waals surface area contributed by atoms with Crippen molar-refractivity contribution < 1.29 is 0 Å². The van der Waals surface area contributed by atoms with Crippen molar-refractivity contribution in [2.24, 2.45) is 7.05 Å². The Hall–Kier alpha value is -0.990. The Labute approximate surface area is 114 Å². The van der Waals surface area contributed by atoms with Gasteiger partial charge in [0.15, 0.2) is 0 Å². The summed E-state index contributed by atoms with van der Waals surface area (Å²) >= 11 is 6.24. The number of aromatic nitrogens is 1. The van der Waals surface area contributed by atoms with Crippen LogP contribution in [-0.2, 0) is 12.6 Å². The fraction of sp³-hybridized carbons (Fsp3) is 0.467. The minimum atomic E-state index is -0.0517. The van der Waals surface area contributed by atoms with Crippen molar-refractivity contribution in [3.8, 4) is 0 Å². The number of hydrogen-bond acceptors (Lipinski definition) is 1. The fourth-order valence-electron chi connectivity index (χ4n) is 2.75. The Balaban J connectivity index is 2.93. The van der Waals surface area contributed by atoms with E-state index in [1.165, 1.54) is 22.2 Å². The third-order valence-electron chi connectivity index (χ3n) is 4.08. The molecule has 0 unspecified atom stereocenters. The van der Waals surface area contributed by atoms with Gasteiger partial charge in [-0.25, -0.2) is 0 Å². The van der Waals surface area contributed by atoms with Crippen LogP contribution in [0.4, 0.5) is 0 Å². The van der Waals surface area contributed by atoms with Crippen molar-refractivity contribution in [2.75, 3.05) is 7.05 Å². The topological polar surface area (TPSA) is 17.0 Å². The van der Waals surface area contributed by atoms with Gasteiger partial charge in [0.25, 0.3) is 0 Å². The molecule has 0 aliphatic heterocycles. The molecule has 1 aromatic heterocycles. The molecule has 0 aliphatic rings. The molecular weight excluding hydrogens is 244 g/mol. The first-order valence-electron chi connectivity index (χ1n) is 6.24. The van der Waals surface area contributed by atoms with Crippen molar-refractivity contribution in [3.63, 3.8) is 0 Å². The lowest BCUT2D eigenvalue weighted by molar-refractivity contribution is 0.444. The predicted octanol–water partition coefficient (Wildman–Crippen LogP) is 3.90. The molecule has 0 bridgehead atoms. The Morgan fingerprint density at radius 1 is 1.22 bits per heavy atom. The highest BCUT2D eigenvalue weighted by molar-refractivity contribution is 6.32. The zero-order valence-corrected chi connectivity index (χ0v) is 12.7. The van der Waals surface area contributed by atoms with E-state index in [4.69, 9.17) is 11.6 Å². The number of halogens is 1. The molecular formula is C15H21ClN2. The summed E-state index contributed by atoms with van der Waals surface area (Å²) in [5.41, 5.74) is 4.97. The number of fused-ring (bicyclic) bond motifs is 1. The van der Waals surface area contributed by atoms with Crippen molar-refractivity contribution in [1.82, 2.24) is 9.88 Å². The van der Waals surface area contributed by atoms with Gasteiger partial charge in [0.2, 0.25) is 0 Å². The standard InChI is InChI=1S/C15H21ClN2/c1-9-12(16)8-7-11-13(15(3,4)17-5)10(2)18(6)14(9)11/h7-8,17H,1-6H3. The molecule has 2 nitrogen and oxygen atoms in total. The summed E-state index contributed by atoms with van der Waals surface area (Å²) in [4.78, 5) is 0. The number of hydrogen-bond donors (Lipinski definition) is 1. The number of benzene rings is 1. The third kappa shape index (κ3) is 1.75. The van der Waals surface area contributed by atoms with Gasteiger partial charge in [-0.05, 0) is 46.4 Å². The number of nitrogens with zero attached hydrogens (tertiary/aromatic N) is 1. The van der Waals surface area contributed by atoms with Crippen LogP contribution in [0, 0.1) is 13.8 Å². The molecule has 3 heteroatoms. The lowest BCUT2D eigenvalue weighted by Crippen LogP contribution is -2.33. The highest BCUT2D eigenvalue weighted by Crippen LogP contribution is 2.36. The van der Waals surface area contributed by atoms with Crippen LogP contribution in [-0.4, -0.2) is 11.6 Å². The molecule has 0 saturated heterocycles. The van der Waals surface area contributed by atoms with E-state index in [0.717, 1.165) is 10.6 Å². The molecule has 1 heterocycles. The van der Waals surface area contributed by atoms with Gasteiger partial charge in [-0.1, -0.05) is 17.7 Å². The van der Waals surface area contributed by atoms with Gasteiger partial charge in [-0.2, -0.15) is 0 Å². The van der Waals surface area contributed by atoms with Gasteiger partial charge in [0.1, 0.15) is 0 Å². The summed E-state index contributed by atoms with van der Waals surface area (Å²) in [7, 11) is 4.11. The second-order valence-electron chi connectivity index (χ2n) is 5.46. The highest BCUT2D eigenvalue weighted by Gasteiger charge is 2.26. The fourth-order valence-corrected chi connectivity index (χ4v) is 2.91. The molecule has 1 aromatic carbocycles. The lowest BCUT2D eigenvalue weighted by Gasteiger charge is -2.25. The molecule has 0 atom stereocenters. The summed E-state index contributed by atoms with van der Waals surface area (Å²) in [5, 5.41) is 5.51. The van der Waals surface area contributed by atoms with Crippen LogP contribution in [0.2, 0.25) is 5.02 Å². The Morgan fingerprint density at radius 3 is 2.39 bits per heavy atom. The number of nitrogens with one attached hydrogen (secondary N) is 1. The van der Waals surface area contributed by atoms with E-state index in [0.29, 0.717) is 0 Å². The zero-order chi connectivity index (χ0) is 13.7. The molecule has 0 amide bonds. The molecule has 0 saturated carbocycles. The maximum absolute atomic E-state index is 6.24. The number of rotatable bonds is 2. The third-order valence-corrected chi connectivity index (χ3v) is 4.49. The summed E-state index contributed by atoms with van der Waals surface area (Å²) in [6.07, 6.45) is 0. The largest absolute Gasteiger partial charge is 0.347 e. The molecule has 18 heavy (non-hydrogen) atoms. The minimum Gasteiger partial charge on any atom is -0.347 e. The van der Waals surface area contributed by atoms with Gasteiger partial charge < -0.3 is 9.88 Å². The van der Waals surface area contributed by atoms with E-state index in [2.05, 4.69) is 50.7 Å². The summed E-state index contributed by atoms with van der Waals surface area (Å²) in [6.45, 7) is 8.67. The summed E-state index contributed by atoms with van der Waals surface area (Å²) in [6, 6.07) is 4.12. The molecule has 2 rings (SSSR count). The van der Waals surface area contributed by atoms with Crippen LogP contribution < -0.4 is 5.32 Å². The average Bonchev–Trinajstić information content (AvgIpc) is 2.58.